The van der Waals surface area contributed by atoms with Crippen LogP contribution < -0.4 is 10.2 Å². The van der Waals surface area contributed by atoms with E-state index in [-0.39, 0.29) is 29.9 Å². The van der Waals surface area contributed by atoms with Gasteiger partial charge < -0.3 is 15.0 Å². The molecule has 3 aromatic rings. The zero-order valence-electron chi connectivity index (χ0n) is 17.0. The normalized spacial score (nSPS) is 20.3. The summed E-state index contributed by atoms with van der Waals surface area (Å²) in [5.41, 5.74) is 0.254. The Morgan fingerprint density at radius 1 is 1.29 bits per heavy atom. The first kappa shape index (κ1) is 19.6. The Balaban J connectivity index is 1.67. The fourth-order valence-corrected chi connectivity index (χ4v) is 4.20. The number of morpholine rings is 1. The van der Waals surface area contributed by atoms with Crippen LogP contribution in [0.5, 0.6) is 0 Å². The van der Waals surface area contributed by atoms with Gasteiger partial charge >= 0.3 is 0 Å². The first-order chi connectivity index (χ1) is 15.0. The van der Waals surface area contributed by atoms with Gasteiger partial charge in [0.1, 0.15) is 17.1 Å². The number of nitrogens with zero attached hydrogens (tertiary/aromatic N) is 5. The monoisotopic (exact) mass is 426 g/mol. The summed E-state index contributed by atoms with van der Waals surface area (Å²) >= 11 is 0. The van der Waals surface area contributed by atoms with Crippen LogP contribution in [0.4, 0.5) is 20.3 Å². The quantitative estimate of drug-likeness (QED) is 0.693. The van der Waals surface area contributed by atoms with Crippen molar-refractivity contribution in [3.8, 4) is 17.3 Å². The molecule has 4 heterocycles. The van der Waals surface area contributed by atoms with Crippen molar-refractivity contribution in [2.45, 2.75) is 25.8 Å². The molecule has 2 aromatic heterocycles. The van der Waals surface area contributed by atoms with Gasteiger partial charge in [0.2, 0.25) is 5.95 Å². The molecule has 0 bridgehead atoms. The Hall–Kier alpha value is -3.40. The van der Waals surface area contributed by atoms with E-state index in [0.29, 0.717) is 36.8 Å². The Morgan fingerprint density at radius 3 is 2.94 bits per heavy atom. The van der Waals surface area contributed by atoms with Crippen LogP contribution in [0, 0.1) is 18.6 Å². The third-order valence-corrected chi connectivity index (χ3v) is 5.93. The third kappa shape index (κ3) is 2.82. The molecule has 0 saturated carbocycles. The average Bonchev–Trinajstić information content (AvgIpc) is 3.26. The molecule has 160 valence electrons. The number of amides is 1. The van der Waals surface area contributed by atoms with Crippen molar-refractivity contribution < 1.29 is 18.3 Å². The molecular weight excluding hydrogens is 406 g/mol. The van der Waals surface area contributed by atoms with Gasteiger partial charge in [-0.15, -0.1) is 0 Å². The number of aryl methyl sites for hydroxylation is 1. The lowest BCUT2D eigenvalue weighted by atomic mass is 9.89. The first-order valence-electron chi connectivity index (χ1n) is 10.00. The highest BCUT2D eigenvalue weighted by Crippen LogP contribution is 2.40. The molecule has 5 rings (SSSR count). The van der Waals surface area contributed by atoms with E-state index in [4.69, 9.17) is 9.72 Å². The molecule has 0 radical (unpaired) electrons. The van der Waals surface area contributed by atoms with Crippen molar-refractivity contribution in [2.24, 2.45) is 0 Å². The smallest absolute Gasteiger partial charge is 0.252 e. The van der Waals surface area contributed by atoms with Crippen molar-refractivity contribution in [3.63, 3.8) is 0 Å². The maximum Gasteiger partial charge on any atom is 0.252 e. The number of halogens is 2. The number of fused-ring (bicyclic) bond motifs is 3. The van der Waals surface area contributed by atoms with Gasteiger partial charge in [-0.05, 0) is 25.5 Å². The lowest BCUT2D eigenvalue weighted by Gasteiger charge is -2.49. The SMILES string of the molecule is CC[C@@]12COCCN1c1nc(-n3ccnc3-c3cccc(F)c3F)nc(C)c1NC2=O. The van der Waals surface area contributed by atoms with Gasteiger partial charge in [0.05, 0.1) is 24.5 Å². The third-order valence-electron chi connectivity index (χ3n) is 5.93. The van der Waals surface area contributed by atoms with Crippen LogP contribution >= 0.6 is 0 Å². The van der Waals surface area contributed by atoms with E-state index in [1.165, 1.54) is 22.9 Å². The van der Waals surface area contributed by atoms with Crippen LogP contribution in [0.1, 0.15) is 19.0 Å². The van der Waals surface area contributed by atoms with Crippen molar-refractivity contribution >= 4 is 17.4 Å². The number of hydrogen-bond acceptors (Lipinski definition) is 6. The number of nitrogens with one attached hydrogen (secondary N) is 1. The minimum atomic E-state index is -0.991. The van der Waals surface area contributed by atoms with E-state index < -0.39 is 17.2 Å². The van der Waals surface area contributed by atoms with Gasteiger partial charge in [-0.3, -0.25) is 9.36 Å². The Morgan fingerprint density at radius 2 is 2.13 bits per heavy atom. The molecule has 1 N–H and O–H groups in total. The molecule has 2 aliphatic rings. The van der Waals surface area contributed by atoms with Gasteiger partial charge in [-0.2, -0.15) is 4.98 Å². The fourth-order valence-electron chi connectivity index (χ4n) is 4.20. The summed E-state index contributed by atoms with van der Waals surface area (Å²) in [5, 5.41) is 2.93. The zero-order valence-corrected chi connectivity index (χ0v) is 17.0. The molecular formula is C21H20F2N6O2. The largest absolute Gasteiger partial charge is 0.377 e. The minimum absolute atomic E-state index is 0.00607. The van der Waals surface area contributed by atoms with Gasteiger partial charge in [-0.1, -0.05) is 13.0 Å². The summed E-state index contributed by atoms with van der Waals surface area (Å²) in [6.07, 6.45) is 3.61. The maximum absolute atomic E-state index is 14.4. The molecule has 1 saturated heterocycles. The zero-order chi connectivity index (χ0) is 21.8. The van der Waals surface area contributed by atoms with Crippen molar-refractivity contribution in [3.05, 3.63) is 47.9 Å². The number of imidazole rings is 1. The van der Waals surface area contributed by atoms with Crippen LogP contribution in [0.15, 0.2) is 30.6 Å². The molecule has 1 aromatic carbocycles. The molecule has 31 heavy (non-hydrogen) atoms. The maximum atomic E-state index is 14.4. The number of hydrogen-bond donors (Lipinski definition) is 1. The van der Waals surface area contributed by atoms with Crippen LogP contribution in [0.3, 0.4) is 0 Å². The number of aromatic nitrogens is 4. The second kappa shape index (κ2) is 7.09. The van der Waals surface area contributed by atoms with Crippen molar-refractivity contribution in [2.75, 3.05) is 30.0 Å². The van der Waals surface area contributed by atoms with E-state index in [2.05, 4.69) is 15.3 Å². The summed E-state index contributed by atoms with van der Waals surface area (Å²) in [6.45, 7) is 4.93. The lowest BCUT2D eigenvalue weighted by Crippen LogP contribution is -2.66. The highest BCUT2D eigenvalue weighted by Gasteiger charge is 2.50. The summed E-state index contributed by atoms with van der Waals surface area (Å²) in [5.74, 6) is -1.09. The number of benzene rings is 1. The highest BCUT2D eigenvalue weighted by molar-refractivity contribution is 6.06. The predicted octanol–water partition coefficient (Wildman–Crippen LogP) is 2.85. The molecule has 1 fully saturated rings. The Labute approximate surface area is 176 Å². The van der Waals surface area contributed by atoms with E-state index in [1.54, 1.807) is 13.1 Å². The van der Waals surface area contributed by atoms with Gasteiger partial charge in [0, 0.05) is 18.9 Å². The van der Waals surface area contributed by atoms with Crippen molar-refractivity contribution in [1.82, 2.24) is 19.5 Å². The molecule has 1 atom stereocenters. The first-order valence-corrected chi connectivity index (χ1v) is 10.00. The average molecular weight is 426 g/mol. The van der Waals surface area contributed by atoms with Crippen LogP contribution in [0.25, 0.3) is 17.3 Å². The van der Waals surface area contributed by atoms with E-state index >= 15 is 0 Å². The Bertz CT molecular complexity index is 1200. The fraction of sp³-hybridized carbons (Fsp3) is 0.333. The molecule has 0 aliphatic carbocycles. The number of carbonyl (C=O) groups is 1. The molecule has 1 amide bonds. The summed E-state index contributed by atoms with van der Waals surface area (Å²) < 4.78 is 35.4. The minimum Gasteiger partial charge on any atom is -0.377 e. The second-order valence-corrected chi connectivity index (χ2v) is 7.57. The lowest BCUT2D eigenvalue weighted by molar-refractivity contribution is -0.125. The Kier molecular flexibility index (Phi) is 4.47. The van der Waals surface area contributed by atoms with Gasteiger partial charge in [0.25, 0.3) is 5.91 Å². The van der Waals surface area contributed by atoms with Crippen LogP contribution in [-0.2, 0) is 9.53 Å². The van der Waals surface area contributed by atoms with Crippen LogP contribution in [-0.4, -0.2) is 50.7 Å². The van der Waals surface area contributed by atoms with E-state index in [0.717, 1.165) is 6.07 Å². The van der Waals surface area contributed by atoms with Crippen LogP contribution in [0.2, 0.25) is 0 Å². The van der Waals surface area contributed by atoms with E-state index in [1.807, 2.05) is 11.8 Å². The summed E-state index contributed by atoms with van der Waals surface area (Å²) in [7, 11) is 0. The summed E-state index contributed by atoms with van der Waals surface area (Å²) in [6, 6.07) is 3.93. The standard InChI is InChI=1S/C21H20F2N6O2/c1-3-21-11-31-10-9-29(21)18-16(26-19(21)30)12(2)25-20(27-18)28-8-7-24-17(28)13-5-4-6-14(22)15(13)23/h4-8H,3,9-11H2,1-2H3,(H,26,30)/t21-/m0/s1. The molecule has 0 spiro atoms. The van der Waals surface area contributed by atoms with E-state index in [9.17, 15) is 13.6 Å². The highest BCUT2D eigenvalue weighted by atomic mass is 19.2. The second-order valence-electron chi connectivity index (χ2n) is 7.57. The molecule has 2 aliphatic heterocycles. The van der Waals surface area contributed by atoms with Gasteiger partial charge in [0.15, 0.2) is 17.5 Å². The molecule has 10 heteroatoms. The molecule has 0 unspecified atom stereocenters. The number of anilines is 2. The topological polar surface area (TPSA) is 85.2 Å². The number of rotatable bonds is 3. The summed E-state index contributed by atoms with van der Waals surface area (Å²) in [4.78, 5) is 28.3. The van der Waals surface area contributed by atoms with Gasteiger partial charge in [-0.25, -0.2) is 18.7 Å². The number of carbonyl (C=O) groups excluding carboxylic acids is 1. The van der Waals surface area contributed by atoms with Crippen molar-refractivity contribution in [1.29, 1.82) is 0 Å². The predicted molar refractivity (Wildman–Crippen MR) is 109 cm³/mol. The number of ether oxygens (including phenoxy) is 1. The molecule has 8 nitrogen and oxygen atoms in total.